The Morgan fingerprint density at radius 3 is 2.60 bits per heavy atom. The van der Waals surface area contributed by atoms with E-state index >= 15 is 0 Å². The third kappa shape index (κ3) is 2.25. The highest BCUT2D eigenvalue weighted by atomic mass is 35.5. The maximum atomic E-state index is 10.6. The first-order chi connectivity index (χ1) is 7.27. The summed E-state index contributed by atoms with van der Waals surface area (Å²) in [7, 11) is 0. The molecule has 0 aliphatic heterocycles. The average Bonchev–Trinajstić information content (AvgIpc) is 2.26. The maximum absolute atomic E-state index is 10.6. The SMILES string of the molecule is O=C(Cl)/C=C/c1cccc2ccccc12. The van der Waals surface area contributed by atoms with E-state index in [0.29, 0.717) is 0 Å². The molecule has 0 saturated carbocycles. The van der Waals surface area contributed by atoms with Crippen LogP contribution in [0.4, 0.5) is 0 Å². The predicted octanol–water partition coefficient (Wildman–Crippen LogP) is 3.62. The largest absolute Gasteiger partial charge is 0.276 e. The molecule has 0 atom stereocenters. The first kappa shape index (κ1) is 9.94. The third-order valence-corrected chi connectivity index (χ3v) is 2.34. The zero-order chi connectivity index (χ0) is 10.7. The molecule has 0 heterocycles. The van der Waals surface area contributed by atoms with E-state index in [-0.39, 0.29) is 0 Å². The summed E-state index contributed by atoms with van der Waals surface area (Å²) in [6.07, 6.45) is 3.10. The fraction of sp³-hybridized carbons (Fsp3) is 0. The molecule has 2 aromatic carbocycles. The van der Waals surface area contributed by atoms with Crippen LogP contribution in [0, 0.1) is 0 Å². The van der Waals surface area contributed by atoms with Crippen LogP contribution in [-0.2, 0) is 4.79 Å². The fourth-order valence-electron chi connectivity index (χ4n) is 1.55. The van der Waals surface area contributed by atoms with Crippen molar-refractivity contribution in [1.82, 2.24) is 0 Å². The number of rotatable bonds is 2. The molecule has 0 bridgehead atoms. The number of allylic oxidation sites excluding steroid dienone is 1. The average molecular weight is 217 g/mol. The fourth-order valence-corrected chi connectivity index (χ4v) is 1.61. The van der Waals surface area contributed by atoms with Crippen molar-refractivity contribution in [3.63, 3.8) is 0 Å². The van der Waals surface area contributed by atoms with Crippen LogP contribution in [0.1, 0.15) is 5.56 Å². The lowest BCUT2D eigenvalue weighted by Gasteiger charge is -2.00. The van der Waals surface area contributed by atoms with Gasteiger partial charge < -0.3 is 0 Å². The monoisotopic (exact) mass is 216 g/mol. The van der Waals surface area contributed by atoms with Gasteiger partial charge in [0.15, 0.2) is 0 Å². The Morgan fingerprint density at radius 1 is 1.07 bits per heavy atom. The highest BCUT2D eigenvalue weighted by Crippen LogP contribution is 2.19. The van der Waals surface area contributed by atoms with E-state index in [1.165, 1.54) is 6.08 Å². The summed E-state index contributed by atoms with van der Waals surface area (Å²) in [5.41, 5.74) is 1.00. The molecule has 15 heavy (non-hydrogen) atoms. The van der Waals surface area contributed by atoms with Gasteiger partial charge in [-0.2, -0.15) is 0 Å². The van der Waals surface area contributed by atoms with Gasteiger partial charge in [-0.1, -0.05) is 42.5 Å². The summed E-state index contributed by atoms with van der Waals surface area (Å²) >= 11 is 5.25. The molecule has 0 aliphatic rings. The van der Waals surface area contributed by atoms with Crippen LogP contribution in [0.15, 0.2) is 48.5 Å². The molecule has 0 aromatic heterocycles. The highest BCUT2D eigenvalue weighted by Gasteiger charge is 1.96. The van der Waals surface area contributed by atoms with Crippen molar-refractivity contribution in [2.45, 2.75) is 0 Å². The molecule has 0 radical (unpaired) electrons. The van der Waals surface area contributed by atoms with Gasteiger partial charge in [0.25, 0.3) is 0 Å². The Hall–Kier alpha value is -1.60. The number of fused-ring (bicyclic) bond motifs is 1. The van der Waals surface area contributed by atoms with Crippen molar-refractivity contribution < 1.29 is 4.79 Å². The summed E-state index contributed by atoms with van der Waals surface area (Å²) in [6, 6.07) is 14.0. The molecule has 74 valence electrons. The van der Waals surface area contributed by atoms with Crippen molar-refractivity contribution in [3.8, 4) is 0 Å². The summed E-state index contributed by atoms with van der Waals surface area (Å²) in [6.45, 7) is 0. The van der Waals surface area contributed by atoms with Crippen molar-refractivity contribution in [3.05, 3.63) is 54.1 Å². The lowest BCUT2D eigenvalue weighted by Crippen LogP contribution is -1.79. The minimum absolute atomic E-state index is 0.456. The van der Waals surface area contributed by atoms with Crippen LogP contribution in [0.25, 0.3) is 16.8 Å². The molecule has 2 heteroatoms. The van der Waals surface area contributed by atoms with Gasteiger partial charge in [-0.05, 0) is 40.1 Å². The van der Waals surface area contributed by atoms with E-state index in [0.717, 1.165) is 16.3 Å². The van der Waals surface area contributed by atoms with E-state index in [1.807, 2.05) is 42.5 Å². The van der Waals surface area contributed by atoms with Crippen LogP contribution < -0.4 is 0 Å². The van der Waals surface area contributed by atoms with Gasteiger partial charge in [-0.3, -0.25) is 4.79 Å². The van der Waals surface area contributed by atoms with Crippen LogP contribution >= 0.6 is 11.6 Å². The summed E-state index contributed by atoms with van der Waals surface area (Å²) in [4.78, 5) is 10.6. The van der Waals surface area contributed by atoms with Gasteiger partial charge in [0.1, 0.15) is 0 Å². The Balaban J connectivity index is 2.56. The zero-order valence-electron chi connectivity index (χ0n) is 7.98. The Bertz CT molecular complexity index is 524. The normalized spacial score (nSPS) is 11.0. The molecule has 0 amide bonds. The van der Waals surface area contributed by atoms with E-state index in [2.05, 4.69) is 0 Å². The van der Waals surface area contributed by atoms with Gasteiger partial charge in [0, 0.05) is 0 Å². The third-order valence-electron chi connectivity index (χ3n) is 2.22. The van der Waals surface area contributed by atoms with E-state index in [4.69, 9.17) is 11.6 Å². The summed E-state index contributed by atoms with van der Waals surface area (Å²) in [5, 5.41) is 1.82. The van der Waals surface area contributed by atoms with E-state index < -0.39 is 5.24 Å². The van der Waals surface area contributed by atoms with E-state index in [9.17, 15) is 4.79 Å². The highest BCUT2D eigenvalue weighted by molar-refractivity contribution is 6.66. The van der Waals surface area contributed by atoms with Crippen molar-refractivity contribution in [2.75, 3.05) is 0 Å². The van der Waals surface area contributed by atoms with Gasteiger partial charge in [-0.25, -0.2) is 0 Å². The van der Waals surface area contributed by atoms with Gasteiger partial charge >= 0.3 is 0 Å². The molecule has 0 N–H and O–H groups in total. The second kappa shape index (κ2) is 4.28. The number of carbonyl (C=O) groups is 1. The number of hydrogen-bond donors (Lipinski definition) is 0. The first-order valence-electron chi connectivity index (χ1n) is 4.63. The standard InChI is InChI=1S/C13H9ClO/c14-13(15)9-8-11-6-3-5-10-4-1-2-7-12(10)11/h1-9H/b9-8+. The van der Waals surface area contributed by atoms with Crippen LogP contribution in [0.2, 0.25) is 0 Å². The molecule has 0 saturated heterocycles. The van der Waals surface area contributed by atoms with Crippen LogP contribution in [0.3, 0.4) is 0 Å². The second-order valence-corrected chi connectivity index (χ2v) is 3.58. The molecule has 0 spiro atoms. The molecule has 2 aromatic rings. The van der Waals surface area contributed by atoms with Crippen molar-refractivity contribution in [2.24, 2.45) is 0 Å². The molecular weight excluding hydrogens is 208 g/mol. The molecule has 0 aliphatic carbocycles. The lowest BCUT2D eigenvalue weighted by molar-refractivity contribution is -0.107. The quantitative estimate of drug-likeness (QED) is 0.554. The zero-order valence-corrected chi connectivity index (χ0v) is 8.74. The number of halogens is 1. The molecule has 1 nitrogen and oxygen atoms in total. The van der Waals surface area contributed by atoms with E-state index in [1.54, 1.807) is 6.08 Å². The number of hydrogen-bond acceptors (Lipinski definition) is 1. The minimum atomic E-state index is -0.456. The molecular formula is C13H9ClO. The van der Waals surface area contributed by atoms with Gasteiger partial charge in [0.2, 0.25) is 5.24 Å². The predicted molar refractivity (Wildman–Crippen MR) is 63.8 cm³/mol. The Morgan fingerprint density at radius 2 is 1.80 bits per heavy atom. The second-order valence-electron chi connectivity index (χ2n) is 3.21. The molecule has 2 rings (SSSR count). The van der Waals surface area contributed by atoms with Crippen LogP contribution in [-0.4, -0.2) is 5.24 Å². The number of carbonyl (C=O) groups excluding carboxylic acids is 1. The minimum Gasteiger partial charge on any atom is -0.276 e. The Labute approximate surface area is 93.0 Å². The Kier molecular flexibility index (Phi) is 2.84. The first-order valence-corrected chi connectivity index (χ1v) is 5.00. The number of benzene rings is 2. The summed E-state index contributed by atoms with van der Waals surface area (Å²) < 4.78 is 0. The van der Waals surface area contributed by atoms with Crippen molar-refractivity contribution in [1.29, 1.82) is 0 Å². The smallest absolute Gasteiger partial charge is 0.245 e. The van der Waals surface area contributed by atoms with Gasteiger partial charge in [-0.15, -0.1) is 0 Å². The topological polar surface area (TPSA) is 17.1 Å². The summed E-state index contributed by atoms with van der Waals surface area (Å²) in [5.74, 6) is 0. The van der Waals surface area contributed by atoms with Gasteiger partial charge in [0.05, 0.1) is 0 Å². The molecule has 0 unspecified atom stereocenters. The van der Waals surface area contributed by atoms with Crippen LogP contribution in [0.5, 0.6) is 0 Å². The lowest BCUT2D eigenvalue weighted by atomic mass is 10.0. The van der Waals surface area contributed by atoms with Crippen molar-refractivity contribution >= 4 is 33.7 Å². The molecule has 0 fully saturated rings. The maximum Gasteiger partial charge on any atom is 0.245 e.